The summed E-state index contributed by atoms with van der Waals surface area (Å²) in [5.74, 6) is -1.18. The summed E-state index contributed by atoms with van der Waals surface area (Å²) in [5.41, 5.74) is 1.75. The summed E-state index contributed by atoms with van der Waals surface area (Å²) >= 11 is 13.7. The van der Waals surface area contributed by atoms with Gasteiger partial charge in [0.25, 0.3) is 11.8 Å². The zero-order chi connectivity index (χ0) is 26.4. The van der Waals surface area contributed by atoms with Gasteiger partial charge in [0.05, 0.1) is 16.4 Å². The van der Waals surface area contributed by atoms with Crippen LogP contribution in [0.15, 0.2) is 30.3 Å². The molecule has 1 aliphatic rings. The largest absolute Gasteiger partial charge is 0.481 e. The van der Waals surface area contributed by atoms with E-state index in [0.29, 0.717) is 17.1 Å². The van der Waals surface area contributed by atoms with E-state index in [9.17, 15) is 9.59 Å². The molecule has 1 aromatic carbocycles. The molecule has 4 heterocycles. The number of aromatic nitrogens is 4. The number of hydrogen-bond donors (Lipinski definition) is 0. The Labute approximate surface area is 225 Å². The monoisotopic (exact) mass is 562 g/mol. The molecule has 4 aromatic rings. The van der Waals surface area contributed by atoms with E-state index in [0.717, 1.165) is 10.7 Å². The van der Waals surface area contributed by atoms with Crippen molar-refractivity contribution in [1.82, 2.24) is 29.4 Å². The molecule has 2 amide bonds. The van der Waals surface area contributed by atoms with Crippen LogP contribution >= 0.6 is 34.5 Å². The van der Waals surface area contributed by atoms with Crippen molar-refractivity contribution in [3.63, 3.8) is 0 Å². The fraction of sp³-hybridized carbons (Fsp3) is 0.292. The van der Waals surface area contributed by atoms with Crippen molar-refractivity contribution in [2.75, 3.05) is 27.2 Å². The predicted octanol–water partition coefficient (Wildman–Crippen LogP) is 4.20. The van der Waals surface area contributed by atoms with Crippen LogP contribution in [-0.2, 0) is 11.2 Å². The number of amides is 2. The summed E-state index contributed by atoms with van der Waals surface area (Å²) in [7, 11) is 3.21. The Bertz CT molecular complexity index is 1540. The summed E-state index contributed by atoms with van der Waals surface area (Å²) in [5, 5.41) is 5.24. The van der Waals surface area contributed by atoms with E-state index in [1.54, 1.807) is 30.7 Å². The van der Waals surface area contributed by atoms with Crippen molar-refractivity contribution in [3.8, 4) is 5.75 Å². The first-order chi connectivity index (χ1) is 17.7. The van der Waals surface area contributed by atoms with Gasteiger partial charge in [-0.25, -0.2) is 18.9 Å². The first-order valence-electron chi connectivity index (χ1n) is 11.2. The first-order valence-corrected chi connectivity index (χ1v) is 12.8. The van der Waals surface area contributed by atoms with Crippen LogP contribution in [0.2, 0.25) is 10.2 Å². The SMILES string of the molecule is Cc1nn2c3c(nc2s1)CCN(C(=O)COc1ccc(C(=O)N(C)C)nc1Cl)C3c1cccc(Cl)c1F. The van der Waals surface area contributed by atoms with Crippen molar-refractivity contribution in [2.24, 2.45) is 0 Å². The second-order valence-electron chi connectivity index (χ2n) is 8.62. The van der Waals surface area contributed by atoms with Crippen LogP contribution in [0.1, 0.15) is 38.5 Å². The molecule has 13 heteroatoms. The quantitative estimate of drug-likeness (QED) is 0.338. The average Bonchev–Trinajstić information content (AvgIpc) is 3.39. The Morgan fingerprint density at radius 1 is 1.22 bits per heavy atom. The predicted molar refractivity (Wildman–Crippen MR) is 137 cm³/mol. The van der Waals surface area contributed by atoms with Gasteiger partial charge in [-0.3, -0.25) is 9.59 Å². The normalized spacial score (nSPS) is 15.1. The molecular formula is C24H21Cl2FN6O3S. The van der Waals surface area contributed by atoms with Gasteiger partial charge in [-0.1, -0.05) is 46.7 Å². The highest BCUT2D eigenvalue weighted by atomic mass is 35.5. The Balaban J connectivity index is 1.46. The average molecular weight is 563 g/mol. The number of carbonyl (C=O) groups excluding carboxylic acids is 2. The summed E-state index contributed by atoms with van der Waals surface area (Å²) < 4.78 is 22.6. The number of hydrogen-bond acceptors (Lipinski definition) is 7. The van der Waals surface area contributed by atoms with E-state index in [2.05, 4.69) is 15.1 Å². The van der Waals surface area contributed by atoms with E-state index >= 15 is 4.39 Å². The fourth-order valence-electron chi connectivity index (χ4n) is 4.28. The van der Waals surface area contributed by atoms with Gasteiger partial charge in [-0.05, 0) is 25.1 Å². The van der Waals surface area contributed by atoms with Crippen molar-refractivity contribution < 1.29 is 18.7 Å². The van der Waals surface area contributed by atoms with E-state index in [-0.39, 0.29) is 46.2 Å². The smallest absolute Gasteiger partial charge is 0.271 e. The van der Waals surface area contributed by atoms with Gasteiger partial charge in [-0.15, -0.1) is 0 Å². The Hall–Kier alpha value is -3.28. The molecule has 3 aromatic heterocycles. The lowest BCUT2D eigenvalue weighted by Crippen LogP contribution is -2.43. The second-order valence-corrected chi connectivity index (χ2v) is 10.5. The third-order valence-electron chi connectivity index (χ3n) is 5.96. The van der Waals surface area contributed by atoms with Gasteiger partial charge < -0.3 is 14.5 Å². The number of carbonyl (C=O) groups is 2. The van der Waals surface area contributed by atoms with Crippen molar-refractivity contribution in [1.29, 1.82) is 0 Å². The van der Waals surface area contributed by atoms with Gasteiger partial charge in [0.2, 0.25) is 4.96 Å². The van der Waals surface area contributed by atoms with Gasteiger partial charge in [0.1, 0.15) is 22.6 Å². The highest BCUT2D eigenvalue weighted by Gasteiger charge is 2.38. The van der Waals surface area contributed by atoms with Crippen molar-refractivity contribution in [3.05, 3.63) is 74.0 Å². The number of halogens is 3. The molecule has 192 valence electrons. The van der Waals surface area contributed by atoms with Crippen LogP contribution < -0.4 is 4.74 Å². The lowest BCUT2D eigenvalue weighted by atomic mass is 9.95. The van der Waals surface area contributed by atoms with Gasteiger partial charge >= 0.3 is 0 Å². The Morgan fingerprint density at radius 2 is 2.00 bits per heavy atom. The molecule has 0 N–H and O–H groups in total. The maximum absolute atomic E-state index is 15.3. The van der Waals surface area contributed by atoms with E-state index in [1.165, 1.54) is 39.3 Å². The molecule has 0 bridgehead atoms. The number of pyridine rings is 1. The number of fused-ring (bicyclic) bond motifs is 3. The molecular weight excluding hydrogens is 542 g/mol. The van der Waals surface area contributed by atoms with Crippen LogP contribution in [-0.4, -0.2) is 68.4 Å². The number of nitrogens with zero attached hydrogens (tertiary/aromatic N) is 6. The third kappa shape index (κ3) is 4.62. The molecule has 0 saturated heterocycles. The fourth-order valence-corrected chi connectivity index (χ4v) is 5.44. The van der Waals surface area contributed by atoms with E-state index < -0.39 is 17.8 Å². The molecule has 0 spiro atoms. The van der Waals surface area contributed by atoms with Crippen molar-refractivity contribution in [2.45, 2.75) is 19.4 Å². The lowest BCUT2D eigenvalue weighted by Gasteiger charge is -2.35. The topological polar surface area (TPSA) is 92.9 Å². The number of rotatable bonds is 5. The summed E-state index contributed by atoms with van der Waals surface area (Å²) in [4.78, 5) is 37.9. The molecule has 0 radical (unpaired) electrons. The molecule has 1 atom stereocenters. The molecule has 1 unspecified atom stereocenters. The highest BCUT2D eigenvalue weighted by molar-refractivity contribution is 7.16. The van der Waals surface area contributed by atoms with Gasteiger partial charge in [0, 0.05) is 32.6 Å². The van der Waals surface area contributed by atoms with Gasteiger partial charge in [0.15, 0.2) is 17.5 Å². The minimum atomic E-state index is -0.816. The molecule has 0 aliphatic carbocycles. The molecule has 37 heavy (non-hydrogen) atoms. The minimum Gasteiger partial charge on any atom is -0.481 e. The molecule has 9 nitrogen and oxygen atoms in total. The molecule has 0 saturated carbocycles. The van der Waals surface area contributed by atoms with Crippen LogP contribution in [0.4, 0.5) is 4.39 Å². The first kappa shape index (κ1) is 25.4. The summed E-state index contributed by atoms with van der Waals surface area (Å²) in [6, 6.07) is 6.84. The van der Waals surface area contributed by atoms with E-state index in [4.69, 9.17) is 27.9 Å². The highest BCUT2D eigenvalue weighted by Crippen LogP contribution is 2.39. The van der Waals surface area contributed by atoms with Crippen LogP contribution in [0.5, 0.6) is 5.75 Å². The van der Waals surface area contributed by atoms with Crippen molar-refractivity contribution >= 4 is 51.3 Å². The maximum atomic E-state index is 15.3. The lowest BCUT2D eigenvalue weighted by molar-refractivity contribution is -0.135. The van der Waals surface area contributed by atoms with E-state index in [1.807, 2.05) is 6.92 Å². The van der Waals surface area contributed by atoms with Crippen LogP contribution in [0.25, 0.3) is 4.96 Å². The zero-order valence-corrected chi connectivity index (χ0v) is 22.4. The third-order valence-corrected chi connectivity index (χ3v) is 7.35. The number of ether oxygens (including phenoxy) is 1. The minimum absolute atomic E-state index is 0.0469. The standard InChI is InChI=1S/C24H21Cl2FN6O3S/c1-12-30-33-21-15(29-24(33)37-12)9-10-32(20(21)13-5-4-6-14(25)19(13)27)18(34)11-36-17-8-7-16(28-22(17)26)23(35)31(2)3/h4-8,20H,9-11H2,1-3H3. The summed E-state index contributed by atoms with van der Waals surface area (Å²) in [6.07, 6.45) is 0.471. The molecule has 5 rings (SSSR count). The van der Waals surface area contributed by atoms with Crippen LogP contribution in [0, 0.1) is 12.7 Å². The Morgan fingerprint density at radius 3 is 2.73 bits per heavy atom. The Kier molecular flexibility index (Phi) is 6.78. The second kappa shape index (κ2) is 9.88. The zero-order valence-electron chi connectivity index (χ0n) is 20.0. The van der Waals surface area contributed by atoms with Gasteiger partial charge in [-0.2, -0.15) is 5.10 Å². The number of benzene rings is 1. The number of aryl methyl sites for hydroxylation is 1. The molecule has 1 aliphatic heterocycles. The number of imidazole rings is 1. The maximum Gasteiger partial charge on any atom is 0.271 e. The summed E-state index contributed by atoms with van der Waals surface area (Å²) in [6.45, 7) is 1.77. The molecule has 0 fully saturated rings. The van der Waals surface area contributed by atoms with Crippen LogP contribution in [0.3, 0.4) is 0 Å².